The van der Waals surface area contributed by atoms with Crippen molar-refractivity contribution < 1.29 is 23.8 Å². The Hall–Kier alpha value is -2.14. The Morgan fingerprint density at radius 3 is 1.68 bits per heavy atom. The Kier molecular flexibility index (Phi) is 23.6. The van der Waals surface area contributed by atoms with E-state index in [0.717, 1.165) is 12.8 Å². The molecule has 216 valence electrons. The molecule has 0 bridgehead atoms. The number of carbonyl (C=O) groups is 2. The molecule has 1 rings (SSSR count). The molecule has 38 heavy (non-hydrogen) atoms. The van der Waals surface area contributed by atoms with E-state index in [0.29, 0.717) is 18.6 Å². The summed E-state index contributed by atoms with van der Waals surface area (Å²) in [5, 5.41) is 0. The van der Waals surface area contributed by atoms with Crippen LogP contribution in [0, 0.1) is 0 Å². The van der Waals surface area contributed by atoms with Gasteiger partial charge in [0.15, 0.2) is 0 Å². The number of benzene rings is 1. The van der Waals surface area contributed by atoms with Crippen LogP contribution in [0.3, 0.4) is 0 Å². The van der Waals surface area contributed by atoms with Gasteiger partial charge >= 0.3 is 11.9 Å². The zero-order valence-corrected chi connectivity index (χ0v) is 24.1. The number of carbonyl (C=O) groups excluding carboxylic acids is 2. The van der Waals surface area contributed by atoms with Gasteiger partial charge in [0, 0.05) is 6.42 Å². The topological polar surface area (TPSA) is 61.8 Å². The third-order valence-electron chi connectivity index (χ3n) is 6.60. The van der Waals surface area contributed by atoms with Crippen LogP contribution in [0.15, 0.2) is 42.5 Å². The second-order valence-corrected chi connectivity index (χ2v) is 10.1. The number of rotatable bonds is 26. The summed E-state index contributed by atoms with van der Waals surface area (Å²) in [4.78, 5) is 23.6. The number of allylic oxidation sites excluding steroid dienone is 2. The predicted octanol–water partition coefficient (Wildman–Crippen LogP) is 9.00. The molecule has 5 heteroatoms. The Balaban J connectivity index is 1.76. The summed E-state index contributed by atoms with van der Waals surface area (Å²) in [5.41, 5.74) is 0.522. The fraction of sp³-hybridized carbons (Fsp3) is 0.697. The Morgan fingerprint density at radius 1 is 0.605 bits per heavy atom. The van der Waals surface area contributed by atoms with Crippen LogP contribution in [0.4, 0.5) is 0 Å². The third-order valence-corrected chi connectivity index (χ3v) is 6.60. The minimum absolute atomic E-state index is 0.162. The number of hydrogen-bond donors (Lipinski definition) is 0. The molecular weight excluding hydrogens is 476 g/mol. The van der Waals surface area contributed by atoms with Gasteiger partial charge in [-0.1, -0.05) is 114 Å². The van der Waals surface area contributed by atoms with E-state index in [1.807, 2.05) is 6.07 Å². The van der Waals surface area contributed by atoms with E-state index >= 15 is 0 Å². The number of hydrogen-bond acceptors (Lipinski definition) is 5. The molecular formula is C33H54O5. The van der Waals surface area contributed by atoms with E-state index < -0.39 is 0 Å². The second-order valence-electron chi connectivity index (χ2n) is 10.1. The van der Waals surface area contributed by atoms with Gasteiger partial charge in [0.1, 0.15) is 13.2 Å². The van der Waals surface area contributed by atoms with E-state index in [1.165, 1.54) is 96.3 Å². The highest BCUT2D eigenvalue weighted by Gasteiger charge is 2.06. The zero-order valence-electron chi connectivity index (χ0n) is 24.1. The standard InChI is InChI=1S/C33H54O5/c1-2-3-4-5-6-7-8-9-10-11-12-13-14-15-16-17-18-19-23-26-32(34)37-29-27-36-28-30-38-33(35)31-24-21-20-22-25-31/h9-10,20-22,24-25H,2-8,11-19,23,26-30H2,1H3/b10-9-. The van der Waals surface area contributed by atoms with E-state index in [-0.39, 0.29) is 31.8 Å². The van der Waals surface area contributed by atoms with Gasteiger partial charge < -0.3 is 14.2 Å². The minimum Gasteiger partial charge on any atom is -0.463 e. The Bertz CT molecular complexity index is 701. The fourth-order valence-electron chi connectivity index (χ4n) is 4.29. The van der Waals surface area contributed by atoms with Crippen LogP contribution in [-0.4, -0.2) is 38.4 Å². The average Bonchev–Trinajstić information content (AvgIpc) is 2.94. The minimum atomic E-state index is -0.363. The average molecular weight is 531 g/mol. The molecule has 0 unspecified atom stereocenters. The highest BCUT2D eigenvalue weighted by molar-refractivity contribution is 5.89. The summed E-state index contributed by atoms with van der Waals surface area (Å²) < 4.78 is 15.7. The Labute approximate surface area is 232 Å². The highest BCUT2D eigenvalue weighted by atomic mass is 16.6. The maximum Gasteiger partial charge on any atom is 0.338 e. The van der Waals surface area contributed by atoms with Crippen molar-refractivity contribution in [1.29, 1.82) is 0 Å². The monoisotopic (exact) mass is 530 g/mol. The first-order valence-electron chi connectivity index (χ1n) is 15.3. The van der Waals surface area contributed by atoms with Gasteiger partial charge in [-0.15, -0.1) is 0 Å². The molecule has 1 aromatic carbocycles. The van der Waals surface area contributed by atoms with Crippen molar-refractivity contribution in [3.8, 4) is 0 Å². The van der Waals surface area contributed by atoms with Crippen LogP contribution in [0.25, 0.3) is 0 Å². The van der Waals surface area contributed by atoms with Crippen molar-refractivity contribution >= 4 is 11.9 Å². The molecule has 0 aliphatic heterocycles. The molecule has 0 N–H and O–H groups in total. The van der Waals surface area contributed by atoms with Crippen molar-refractivity contribution in [3.63, 3.8) is 0 Å². The van der Waals surface area contributed by atoms with Gasteiger partial charge in [-0.05, 0) is 44.2 Å². The lowest BCUT2D eigenvalue weighted by atomic mass is 10.1. The summed E-state index contributed by atoms with van der Waals surface area (Å²) in [6, 6.07) is 8.86. The lowest BCUT2D eigenvalue weighted by Crippen LogP contribution is -2.14. The molecule has 0 aliphatic carbocycles. The molecule has 0 saturated heterocycles. The van der Waals surface area contributed by atoms with Crippen molar-refractivity contribution in [2.75, 3.05) is 26.4 Å². The molecule has 0 aliphatic rings. The second kappa shape index (κ2) is 26.5. The van der Waals surface area contributed by atoms with E-state index in [2.05, 4.69) is 19.1 Å². The van der Waals surface area contributed by atoms with Crippen LogP contribution < -0.4 is 0 Å². The maximum absolute atomic E-state index is 11.8. The summed E-state index contributed by atoms with van der Waals surface area (Å²) in [6.45, 7) is 3.28. The lowest BCUT2D eigenvalue weighted by Gasteiger charge is -2.07. The van der Waals surface area contributed by atoms with Gasteiger partial charge in [0.05, 0.1) is 18.8 Å². The summed E-state index contributed by atoms with van der Waals surface area (Å²) in [7, 11) is 0. The van der Waals surface area contributed by atoms with Crippen molar-refractivity contribution in [2.45, 2.75) is 122 Å². The number of esters is 2. The summed E-state index contributed by atoms with van der Waals surface area (Å²) >= 11 is 0. The van der Waals surface area contributed by atoms with Crippen molar-refractivity contribution in [1.82, 2.24) is 0 Å². The van der Waals surface area contributed by atoms with Crippen LogP contribution in [0.2, 0.25) is 0 Å². The SMILES string of the molecule is CCCCCCCC/C=C\CCCCCCCCCCCC(=O)OCCOCCOC(=O)c1ccccc1. The highest BCUT2D eigenvalue weighted by Crippen LogP contribution is 2.12. The quantitative estimate of drug-likeness (QED) is 0.0679. The van der Waals surface area contributed by atoms with Crippen molar-refractivity contribution in [2.24, 2.45) is 0 Å². The number of unbranched alkanes of at least 4 members (excludes halogenated alkanes) is 15. The Morgan fingerprint density at radius 2 is 1.11 bits per heavy atom. The molecule has 0 spiro atoms. The van der Waals surface area contributed by atoms with Crippen LogP contribution >= 0.6 is 0 Å². The fourth-order valence-corrected chi connectivity index (χ4v) is 4.29. The van der Waals surface area contributed by atoms with Gasteiger partial charge in [-0.3, -0.25) is 4.79 Å². The molecule has 0 atom stereocenters. The molecule has 0 heterocycles. The van der Waals surface area contributed by atoms with Crippen LogP contribution in [0.1, 0.15) is 133 Å². The predicted molar refractivity (Wildman–Crippen MR) is 156 cm³/mol. The first-order chi connectivity index (χ1) is 18.7. The molecule has 0 radical (unpaired) electrons. The first-order valence-corrected chi connectivity index (χ1v) is 15.3. The van der Waals surface area contributed by atoms with Gasteiger partial charge in [0.25, 0.3) is 0 Å². The molecule has 1 aromatic rings. The molecule has 0 amide bonds. The van der Waals surface area contributed by atoms with E-state index in [1.54, 1.807) is 24.3 Å². The largest absolute Gasteiger partial charge is 0.463 e. The number of ether oxygens (including phenoxy) is 3. The first kappa shape index (κ1) is 33.9. The third kappa shape index (κ3) is 21.9. The zero-order chi connectivity index (χ0) is 27.4. The molecule has 5 nitrogen and oxygen atoms in total. The van der Waals surface area contributed by atoms with Crippen molar-refractivity contribution in [3.05, 3.63) is 48.0 Å². The van der Waals surface area contributed by atoms with Crippen LogP contribution in [0.5, 0.6) is 0 Å². The molecule has 0 saturated carbocycles. The smallest absolute Gasteiger partial charge is 0.338 e. The van der Waals surface area contributed by atoms with Gasteiger partial charge in [0.2, 0.25) is 0 Å². The maximum atomic E-state index is 11.8. The molecule has 0 aromatic heterocycles. The molecule has 0 fully saturated rings. The van der Waals surface area contributed by atoms with E-state index in [9.17, 15) is 9.59 Å². The summed E-state index contributed by atoms with van der Waals surface area (Å²) in [5.74, 6) is -0.525. The van der Waals surface area contributed by atoms with Gasteiger partial charge in [-0.2, -0.15) is 0 Å². The summed E-state index contributed by atoms with van der Waals surface area (Å²) in [6.07, 6.45) is 27.1. The van der Waals surface area contributed by atoms with Gasteiger partial charge in [-0.25, -0.2) is 4.79 Å². The normalized spacial score (nSPS) is 11.2. The van der Waals surface area contributed by atoms with E-state index in [4.69, 9.17) is 14.2 Å². The lowest BCUT2D eigenvalue weighted by molar-refractivity contribution is -0.145. The van der Waals surface area contributed by atoms with Crippen LogP contribution in [-0.2, 0) is 19.0 Å².